The first-order chi connectivity index (χ1) is 16.5. The number of aromatic nitrogens is 6. The predicted octanol–water partition coefficient (Wildman–Crippen LogP) is 3.95. The Labute approximate surface area is 199 Å². The molecular formula is C24H21ClN6O3. The summed E-state index contributed by atoms with van der Waals surface area (Å²) in [5, 5.41) is 19.1. The molecule has 5 aromatic rings. The standard InChI is InChI=1S/C24H21ClN6O3/c1-14-4-10-17(11-5-14)30-24-22(18(28-30)12-20(32)34-3)26-27-23-21(15-6-8-16(25)9-7-15)19(13-33-2)29-31(23)24/h4-11H,12-13H2,1-3H3. The third kappa shape index (κ3) is 3.78. The van der Waals surface area contributed by atoms with E-state index in [1.165, 1.54) is 7.11 Å². The third-order valence-electron chi connectivity index (χ3n) is 5.52. The van der Waals surface area contributed by atoms with E-state index in [1.54, 1.807) is 16.3 Å². The summed E-state index contributed by atoms with van der Waals surface area (Å²) < 4.78 is 13.7. The Balaban J connectivity index is 1.83. The number of esters is 1. The number of benzene rings is 2. The van der Waals surface area contributed by atoms with Gasteiger partial charge in [-0.1, -0.05) is 41.4 Å². The second-order valence-electron chi connectivity index (χ2n) is 7.82. The maximum absolute atomic E-state index is 12.1. The van der Waals surface area contributed by atoms with Gasteiger partial charge in [0.2, 0.25) is 0 Å². The Morgan fingerprint density at radius 2 is 1.71 bits per heavy atom. The molecule has 9 nitrogen and oxygen atoms in total. The van der Waals surface area contributed by atoms with Crippen LogP contribution in [0.3, 0.4) is 0 Å². The van der Waals surface area contributed by atoms with Crippen molar-refractivity contribution in [1.82, 2.24) is 29.6 Å². The molecule has 5 rings (SSSR count). The molecule has 0 aliphatic heterocycles. The molecule has 0 radical (unpaired) electrons. The van der Waals surface area contributed by atoms with Crippen molar-refractivity contribution in [1.29, 1.82) is 0 Å². The Hall–Kier alpha value is -3.82. The second-order valence-corrected chi connectivity index (χ2v) is 8.25. The number of fused-ring (bicyclic) bond motifs is 3. The number of methoxy groups -OCH3 is 2. The molecular weight excluding hydrogens is 456 g/mol. The van der Waals surface area contributed by atoms with Gasteiger partial charge in [0.15, 0.2) is 16.8 Å². The molecule has 0 unspecified atom stereocenters. The van der Waals surface area contributed by atoms with E-state index in [-0.39, 0.29) is 13.0 Å². The van der Waals surface area contributed by atoms with Crippen molar-refractivity contribution in [2.75, 3.05) is 14.2 Å². The maximum Gasteiger partial charge on any atom is 0.311 e. The van der Waals surface area contributed by atoms with E-state index in [0.717, 1.165) is 22.4 Å². The monoisotopic (exact) mass is 476 g/mol. The molecule has 3 aromatic heterocycles. The fourth-order valence-corrected chi connectivity index (χ4v) is 4.00. The van der Waals surface area contributed by atoms with Crippen LogP contribution in [0.25, 0.3) is 33.6 Å². The molecule has 3 heterocycles. The number of halogens is 1. The molecule has 2 aromatic carbocycles. The summed E-state index contributed by atoms with van der Waals surface area (Å²) in [6.07, 6.45) is -0.0394. The van der Waals surface area contributed by atoms with E-state index in [9.17, 15) is 4.79 Å². The Kier molecular flexibility index (Phi) is 5.72. The van der Waals surface area contributed by atoms with Gasteiger partial charge in [0.1, 0.15) is 5.69 Å². The summed E-state index contributed by atoms with van der Waals surface area (Å²) >= 11 is 6.10. The molecule has 0 spiro atoms. The quantitative estimate of drug-likeness (QED) is 0.342. The fraction of sp³-hybridized carbons (Fsp3) is 0.208. The van der Waals surface area contributed by atoms with Gasteiger partial charge < -0.3 is 9.47 Å². The molecule has 0 amide bonds. The summed E-state index contributed by atoms with van der Waals surface area (Å²) in [7, 11) is 2.95. The number of ether oxygens (including phenoxy) is 2. The highest BCUT2D eigenvalue weighted by atomic mass is 35.5. The van der Waals surface area contributed by atoms with Gasteiger partial charge >= 0.3 is 5.97 Å². The minimum Gasteiger partial charge on any atom is -0.469 e. The normalized spacial score (nSPS) is 11.4. The molecule has 0 aliphatic rings. The van der Waals surface area contributed by atoms with Crippen LogP contribution in [0.1, 0.15) is 17.0 Å². The molecule has 0 bridgehead atoms. The molecule has 10 heteroatoms. The predicted molar refractivity (Wildman–Crippen MR) is 127 cm³/mol. The van der Waals surface area contributed by atoms with Gasteiger partial charge in [-0.3, -0.25) is 4.79 Å². The van der Waals surface area contributed by atoms with Crippen LogP contribution in [-0.2, 0) is 27.3 Å². The van der Waals surface area contributed by atoms with Gasteiger partial charge in [0.05, 0.1) is 37.1 Å². The molecule has 0 aliphatic carbocycles. The van der Waals surface area contributed by atoms with Crippen molar-refractivity contribution in [3.05, 3.63) is 70.5 Å². The molecule has 0 fully saturated rings. The Morgan fingerprint density at radius 1 is 0.971 bits per heavy atom. The first-order valence-corrected chi connectivity index (χ1v) is 10.9. The Bertz CT molecular complexity index is 1510. The first kappa shape index (κ1) is 22.0. The van der Waals surface area contributed by atoms with Crippen molar-refractivity contribution in [3.8, 4) is 16.8 Å². The Morgan fingerprint density at radius 3 is 2.38 bits per heavy atom. The van der Waals surface area contributed by atoms with Crippen LogP contribution in [0.15, 0.2) is 48.5 Å². The zero-order valence-corrected chi connectivity index (χ0v) is 19.6. The number of aryl methyl sites for hydroxylation is 1. The lowest BCUT2D eigenvalue weighted by Crippen LogP contribution is -2.06. The first-order valence-electron chi connectivity index (χ1n) is 10.5. The van der Waals surface area contributed by atoms with Crippen LogP contribution < -0.4 is 0 Å². The zero-order valence-electron chi connectivity index (χ0n) is 18.8. The van der Waals surface area contributed by atoms with E-state index in [2.05, 4.69) is 10.2 Å². The van der Waals surface area contributed by atoms with Gasteiger partial charge in [-0.2, -0.15) is 14.7 Å². The fourth-order valence-electron chi connectivity index (χ4n) is 3.87. The SMILES string of the molecule is COCc1nn2c(nnc3c(CC(=O)OC)nn(-c4ccc(C)cc4)c32)c1-c1ccc(Cl)cc1. The van der Waals surface area contributed by atoms with E-state index in [0.29, 0.717) is 33.2 Å². The summed E-state index contributed by atoms with van der Waals surface area (Å²) in [6.45, 7) is 2.29. The summed E-state index contributed by atoms with van der Waals surface area (Å²) in [5.41, 5.74) is 6.34. The summed E-state index contributed by atoms with van der Waals surface area (Å²) in [4.78, 5) is 12.1. The van der Waals surface area contributed by atoms with Crippen LogP contribution in [0.2, 0.25) is 5.02 Å². The third-order valence-corrected chi connectivity index (χ3v) is 5.77. The minimum absolute atomic E-state index is 0.0394. The number of carbonyl (C=O) groups excluding carboxylic acids is 1. The molecule has 0 saturated heterocycles. The molecule has 0 atom stereocenters. The lowest BCUT2D eigenvalue weighted by atomic mass is 10.1. The number of nitrogens with zero attached hydrogens (tertiary/aromatic N) is 6. The summed E-state index contributed by atoms with van der Waals surface area (Å²) in [5.74, 6) is -0.417. The van der Waals surface area contributed by atoms with Crippen molar-refractivity contribution in [2.24, 2.45) is 0 Å². The lowest BCUT2D eigenvalue weighted by Gasteiger charge is -2.05. The van der Waals surface area contributed by atoms with E-state index < -0.39 is 5.97 Å². The van der Waals surface area contributed by atoms with Crippen LogP contribution in [0, 0.1) is 6.92 Å². The number of carbonyl (C=O) groups is 1. The van der Waals surface area contributed by atoms with Crippen molar-refractivity contribution < 1.29 is 14.3 Å². The van der Waals surface area contributed by atoms with Crippen molar-refractivity contribution in [2.45, 2.75) is 20.0 Å². The van der Waals surface area contributed by atoms with Crippen LogP contribution in [-0.4, -0.2) is 49.8 Å². The molecule has 0 saturated carbocycles. The average molecular weight is 477 g/mol. The van der Waals surface area contributed by atoms with Crippen LogP contribution in [0.5, 0.6) is 0 Å². The molecule has 172 valence electrons. The minimum atomic E-state index is -0.417. The molecule has 34 heavy (non-hydrogen) atoms. The number of hydrogen-bond donors (Lipinski definition) is 0. The highest BCUT2D eigenvalue weighted by Gasteiger charge is 2.24. The van der Waals surface area contributed by atoms with Crippen molar-refractivity contribution >= 4 is 34.4 Å². The van der Waals surface area contributed by atoms with Crippen LogP contribution >= 0.6 is 11.6 Å². The van der Waals surface area contributed by atoms with E-state index in [1.807, 2.05) is 55.5 Å². The smallest absolute Gasteiger partial charge is 0.311 e. The van der Waals surface area contributed by atoms with E-state index >= 15 is 0 Å². The summed E-state index contributed by atoms with van der Waals surface area (Å²) in [6, 6.07) is 15.3. The second kappa shape index (κ2) is 8.85. The van der Waals surface area contributed by atoms with Crippen molar-refractivity contribution in [3.63, 3.8) is 0 Å². The lowest BCUT2D eigenvalue weighted by molar-refractivity contribution is -0.139. The average Bonchev–Trinajstić information content (AvgIpc) is 3.38. The largest absolute Gasteiger partial charge is 0.469 e. The topological polar surface area (TPSA) is 96.4 Å². The van der Waals surface area contributed by atoms with E-state index in [4.69, 9.17) is 31.3 Å². The van der Waals surface area contributed by atoms with Gasteiger partial charge in [0.25, 0.3) is 0 Å². The van der Waals surface area contributed by atoms with Gasteiger partial charge in [0, 0.05) is 12.1 Å². The highest BCUT2D eigenvalue weighted by molar-refractivity contribution is 6.30. The highest BCUT2D eigenvalue weighted by Crippen LogP contribution is 2.31. The molecule has 0 N–H and O–H groups in total. The van der Waals surface area contributed by atoms with Gasteiger partial charge in [-0.25, -0.2) is 4.68 Å². The zero-order chi connectivity index (χ0) is 23.8. The van der Waals surface area contributed by atoms with Crippen LogP contribution in [0.4, 0.5) is 0 Å². The number of hydrogen-bond acceptors (Lipinski definition) is 7. The number of rotatable bonds is 6. The van der Waals surface area contributed by atoms with Gasteiger partial charge in [-0.05, 0) is 36.8 Å². The van der Waals surface area contributed by atoms with Gasteiger partial charge in [-0.15, -0.1) is 10.2 Å². The maximum atomic E-state index is 12.1.